The molecule has 0 bridgehead atoms. The minimum absolute atomic E-state index is 0.127. The van der Waals surface area contributed by atoms with E-state index in [1.807, 2.05) is 4.90 Å². The monoisotopic (exact) mass is 240 g/mol. The van der Waals surface area contributed by atoms with Crippen LogP contribution in [0, 0.1) is 11.3 Å². The lowest BCUT2D eigenvalue weighted by Gasteiger charge is -2.32. The number of nitrogens with zero attached hydrogens (tertiary/aromatic N) is 1. The number of nitrogens with two attached hydrogens (primary N) is 1. The zero-order valence-electron chi connectivity index (χ0n) is 10.8. The summed E-state index contributed by atoms with van der Waals surface area (Å²) in [5.74, 6) is 0.709. The van der Waals surface area contributed by atoms with Crippen LogP contribution in [0.1, 0.15) is 39.0 Å². The van der Waals surface area contributed by atoms with Crippen molar-refractivity contribution in [2.75, 3.05) is 26.2 Å². The summed E-state index contributed by atoms with van der Waals surface area (Å²) in [7, 11) is 0. The number of hydrogen-bond donors (Lipinski definition) is 1. The van der Waals surface area contributed by atoms with E-state index in [-0.39, 0.29) is 6.09 Å². The minimum atomic E-state index is -0.127. The highest BCUT2D eigenvalue weighted by atomic mass is 16.6. The van der Waals surface area contributed by atoms with Gasteiger partial charge in [-0.3, -0.25) is 0 Å². The summed E-state index contributed by atoms with van der Waals surface area (Å²) in [6.45, 7) is 5.16. The Kier molecular flexibility index (Phi) is 3.92. The molecule has 0 radical (unpaired) electrons. The molecular formula is C13H24N2O2. The van der Waals surface area contributed by atoms with Gasteiger partial charge in [0.15, 0.2) is 0 Å². The van der Waals surface area contributed by atoms with Gasteiger partial charge >= 0.3 is 6.09 Å². The molecule has 1 heterocycles. The van der Waals surface area contributed by atoms with Crippen molar-refractivity contribution in [3.8, 4) is 0 Å². The van der Waals surface area contributed by atoms with Crippen LogP contribution in [0.15, 0.2) is 0 Å². The molecule has 98 valence electrons. The van der Waals surface area contributed by atoms with Gasteiger partial charge in [0.2, 0.25) is 0 Å². The number of hydrogen-bond acceptors (Lipinski definition) is 3. The second kappa shape index (κ2) is 5.25. The highest BCUT2D eigenvalue weighted by Crippen LogP contribution is 2.58. The van der Waals surface area contributed by atoms with Gasteiger partial charge in [0.1, 0.15) is 0 Å². The second-order valence-corrected chi connectivity index (χ2v) is 5.45. The summed E-state index contributed by atoms with van der Waals surface area (Å²) in [6, 6.07) is 0. The molecule has 1 aliphatic heterocycles. The predicted octanol–water partition coefficient (Wildman–Crippen LogP) is 1.98. The Hall–Kier alpha value is -0.770. The third-order valence-corrected chi connectivity index (χ3v) is 4.38. The lowest BCUT2D eigenvalue weighted by molar-refractivity contribution is 0.0823. The maximum absolute atomic E-state index is 11.7. The zero-order valence-corrected chi connectivity index (χ0v) is 10.8. The van der Waals surface area contributed by atoms with E-state index in [4.69, 9.17) is 10.5 Å². The van der Waals surface area contributed by atoms with Crippen LogP contribution in [0.2, 0.25) is 0 Å². The van der Waals surface area contributed by atoms with Gasteiger partial charge < -0.3 is 15.4 Å². The van der Waals surface area contributed by atoms with Crippen molar-refractivity contribution in [1.82, 2.24) is 4.90 Å². The van der Waals surface area contributed by atoms with E-state index < -0.39 is 0 Å². The molecule has 0 aromatic rings. The zero-order chi connectivity index (χ0) is 12.3. The van der Waals surface area contributed by atoms with Crippen LogP contribution >= 0.6 is 0 Å². The van der Waals surface area contributed by atoms with E-state index in [1.54, 1.807) is 0 Å². The Bertz CT molecular complexity index is 273. The van der Waals surface area contributed by atoms with E-state index in [0.29, 0.717) is 17.9 Å². The van der Waals surface area contributed by atoms with Crippen LogP contribution in [0.4, 0.5) is 4.79 Å². The number of ether oxygens (including phenoxy) is 1. The van der Waals surface area contributed by atoms with Gasteiger partial charge in [-0.15, -0.1) is 0 Å². The van der Waals surface area contributed by atoms with Gasteiger partial charge in [-0.1, -0.05) is 13.3 Å². The van der Waals surface area contributed by atoms with Gasteiger partial charge in [-0.2, -0.15) is 0 Å². The van der Waals surface area contributed by atoms with Crippen LogP contribution in [0.25, 0.3) is 0 Å². The Balaban J connectivity index is 1.70. The van der Waals surface area contributed by atoms with Crippen LogP contribution in [-0.4, -0.2) is 37.2 Å². The largest absolute Gasteiger partial charge is 0.449 e. The maximum Gasteiger partial charge on any atom is 0.409 e. The normalized spacial score (nSPS) is 26.0. The van der Waals surface area contributed by atoms with Crippen LogP contribution in [0.3, 0.4) is 0 Å². The van der Waals surface area contributed by atoms with Crippen molar-refractivity contribution < 1.29 is 9.53 Å². The number of amides is 1. The van der Waals surface area contributed by atoms with Crippen molar-refractivity contribution >= 4 is 6.09 Å². The average Bonchev–Trinajstić information content (AvgIpc) is 3.03. The molecule has 1 saturated carbocycles. The molecule has 1 aliphatic carbocycles. The van der Waals surface area contributed by atoms with Crippen molar-refractivity contribution in [2.24, 2.45) is 17.1 Å². The van der Waals surface area contributed by atoms with E-state index >= 15 is 0 Å². The van der Waals surface area contributed by atoms with Gasteiger partial charge in [0.25, 0.3) is 0 Å². The third kappa shape index (κ3) is 2.73. The van der Waals surface area contributed by atoms with Crippen LogP contribution < -0.4 is 5.73 Å². The molecule has 1 saturated heterocycles. The van der Waals surface area contributed by atoms with E-state index in [2.05, 4.69) is 6.92 Å². The molecular weight excluding hydrogens is 216 g/mol. The summed E-state index contributed by atoms with van der Waals surface area (Å²) in [6.07, 6.45) is 5.38. The van der Waals surface area contributed by atoms with E-state index in [9.17, 15) is 4.79 Å². The summed E-state index contributed by atoms with van der Waals surface area (Å²) in [5.41, 5.74) is 6.19. The van der Waals surface area contributed by atoms with Crippen LogP contribution in [0.5, 0.6) is 0 Å². The number of carbonyl (C=O) groups is 1. The number of rotatable bonds is 4. The second-order valence-electron chi connectivity index (χ2n) is 5.45. The summed E-state index contributed by atoms with van der Waals surface area (Å²) in [4.78, 5) is 13.6. The Morgan fingerprint density at radius 2 is 2.18 bits per heavy atom. The Morgan fingerprint density at radius 3 is 2.71 bits per heavy atom. The quantitative estimate of drug-likeness (QED) is 0.764. The third-order valence-electron chi connectivity index (χ3n) is 4.38. The average molecular weight is 240 g/mol. The molecule has 4 heteroatoms. The fraction of sp³-hybridized carbons (Fsp3) is 0.923. The number of unbranched alkanes of at least 4 members (excludes halogenated alkanes) is 1. The van der Waals surface area contributed by atoms with Gasteiger partial charge in [0, 0.05) is 13.1 Å². The molecule has 17 heavy (non-hydrogen) atoms. The van der Waals surface area contributed by atoms with Gasteiger partial charge in [-0.25, -0.2) is 4.79 Å². The summed E-state index contributed by atoms with van der Waals surface area (Å²) in [5, 5.41) is 0. The first-order valence-electron chi connectivity index (χ1n) is 6.83. The van der Waals surface area contributed by atoms with Gasteiger partial charge in [0.05, 0.1) is 6.61 Å². The maximum atomic E-state index is 11.7. The molecule has 2 rings (SSSR count). The molecule has 2 aliphatic rings. The molecule has 2 fully saturated rings. The predicted molar refractivity (Wildman–Crippen MR) is 66.7 cm³/mol. The summed E-state index contributed by atoms with van der Waals surface area (Å²) < 4.78 is 5.23. The molecule has 2 N–H and O–H groups in total. The standard InChI is InChI=1S/C13H24N2O2/c1-2-3-8-17-12(16)15-6-4-13(5-7-15)9-11(13)10-14/h11H,2-10,14H2,1H3. The number of carbonyl (C=O) groups excluding carboxylic acids is 1. The molecule has 1 amide bonds. The highest BCUT2D eigenvalue weighted by molar-refractivity contribution is 5.67. The first-order valence-corrected chi connectivity index (χ1v) is 6.83. The van der Waals surface area contributed by atoms with Gasteiger partial charge in [-0.05, 0) is 43.6 Å². The Morgan fingerprint density at radius 1 is 1.47 bits per heavy atom. The highest BCUT2D eigenvalue weighted by Gasteiger charge is 2.54. The SMILES string of the molecule is CCCCOC(=O)N1CCC2(CC1)CC2CN. The molecule has 0 aromatic carbocycles. The van der Waals surface area contributed by atoms with E-state index in [0.717, 1.165) is 45.3 Å². The molecule has 0 aromatic heterocycles. The lowest BCUT2D eigenvalue weighted by atomic mass is 9.91. The molecule has 4 nitrogen and oxygen atoms in total. The van der Waals surface area contributed by atoms with Crippen LogP contribution in [-0.2, 0) is 4.74 Å². The Labute approximate surface area is 103 Å². The molecule has 1 spiro atoms. The summed E-state index contributed by atoms with van der Waals surface area (Å²) >= 11 is 0. The first kappa shape index (κ1) is 12.7. The van der Waals surface area contributed by atoms with Crippen molar-refractivity contribution in [2.45, 2.75) is 39.0 Å². The topological polar surface area (TPSA) is 55.6 Å². The van der Waals surface area contributed by atoms with Crippen molar-refractivity contribution in [3.63, 3.8) is 0 Å². The fourth-order valence-corrected chi connectivity index (χ4v) is 2.91. The first-order chi connectivity index (χ1) is 8.22. The van der Waals surface area contributed by atoms with Crippen molar-refractivity contribution in [3.05, 3.63) is 0 Å². The number of likely N-dealkylation sites (tertiary alicyclic amines) is 1. The van der Waals surface area contributed by atoms with Crippen molar-refractivity contribution in [1.29, 1.82) is 0 Å². The van der Waals surface area contributed by atoms with E-state index in [1.165, 1.54) is 6.42 Å². The minimum Gasteiger partial charge on any atom is -0.449 e. The molecule has 1 atom stereocenters. The lowest BCUT2D eigenvalue weighted by Crippen LogP contribution is -2.40. The fourth-order valence-electron chi connectivity index (χ4n) is 2.91. The molecule has 1 unspecified atom stereocenters. The number of piperidine rings is 1. The smallest absolute Gasteiger partial charge is 0.409 e.